The molecule has 0 heterocycles. The van der Waals surface area contributed by atoms with Gasteiger partial charge in [0.1, 0.15) is 0 Å². The zero-order valence-corrected chi connectivity index (χ0v) is 5.82. The van der Waals surface area contributed by atoms with Gasteiger partial charge in [-0.2, -0.15) is 0 Å². The highest BCUT2D eigenvalue weighted by molar-refractivity contribution is 7.96. The van der Waals surface area contributed by atoms with Gasteiger partial charge in [-0.3, -0.25) is 4.79 Å². The Morgan fingerprint density at radius 3 is 2.50 bits per heavy atom. The molecule has 0 aromatic heterocycles. The average Bonchev–Trinajstić information content (AvgIpc) is 1.65. The molecule has 0 saturated carbocycles. The predicted molar refractivity (Wildman–Crippen MR) is 36.9 cm³/mol. The van der Waals surface area contributed by atoms with Gasteiger partial charge < -0.3 is 5.73 Å². The van der Waals surface area contributed by atoms with Gasteiger partial charge in [0.15, 0.2) is 5.12 Å². The molecule has 0 aromatic rings. The van der Waals surface area contributed by atoms with E-state index in [4.69, 9.17) is 5.73 Å². The number of thiol groups is 1. The van der Waals surface area contributed by atoms with Gasteiger partial charge in [-0.1, -0.05) is 6.92 Å². The van der Waals surface area contributed by atoms with Crippen molar-refractivity contribution in [3.05, 3.63) is 0 Å². The molecule has 2 nitrogen and oxygen atoms in total. The summed E-state index contributed by atoms with van der Waals surface area (Å²) in [5.74, 6) is 0. The van der Waals surface area contributed by atoms with Gasteiger partial charge in [0.05, 0.1) is 0 Å². The third-order valence-electron chi connectivity index (χ3n) is 0.961. The van der Waals surface area contributed by atoms with Gasteiger partial charge in [-0.25, -0.2) is 0 Å². The molecule has 0 aliphatic rings. The normalized spacial score (nSPS) is 13.4. The van der Waals surface area contributed by atoms with Gasteiger partial charge in [-0.15, -0.1) is 12.6 Å². The fourth-order valence-electron chi connectivity index (χ4n) is 0.369. The number of carbonyl (C=O) groups is 1. The first kappa shape index (κ1) is 7.98. The highest BCUT2D eigenvalue weighted by atomic mass is 32.1. The molecule has 1 unspecified atom stereocenters. The fraction of sp³-hybridized carbons (Fsp3) is 0.800. The summed E-state index contributed by atoms with van der Waals surface area (Å²) >= 11 is 3.57. The zero-order chi connectivity index (χ0) is 6.57. The SMILES string of the molecule is CCC(N)CC(=O)S. The van der Waals surface area contributed by atoms with Crippen LogP contribution in [0, 0.1) is 0 Å². The third kappa shape index (κ3) is 4.15. The molecule has 0 radical (unpaired) electrons. The number of hydrogen-bond acceptors (Lipinski definition) is 2. The van der Waals surface area contributed by atoms with Gasteiger partial charge >= 0.3 is 0 Å². The molecular formula is C5H11NOS. The van der Waals surface area contributed by atoms with Crippen molar-refractivity contribution in [1.29, 1.82) is 0 Å². The smallest absolute Gasteiger partial charge is 0.187 e. The standard InChI is InChI=1S/C5H11NOS/c1-2-4(6)3-5(7)8/h4H,2-3,6H2,1H3,(H,7,8). The van der Waals surface area contributed by atoms with Crippen molar-refractivity contribution in [2.75, 3.05) is 0 Å². The van der Waals surface area contributed by atoms with E-state index in [1.165, 1.54) is 0 Å². The fourth-order valence-corrected chi connectivity index (χ4v) is 0.603. The van der Waals surface area contributed by atoms with Gasteiger partial charge in [0.2, 0.25) is 0 Å². The summed E-state index contributed by atoms with van der Waals surface area (Å²) in [4.78, 5) is 10.2. The Morgan fingerprint density at radius 1 is 1.88 bits per heavy atom. The molecule has 0 amide bonds. The second-order valence-electron chi connectivity index (χ2n) is 1.77. The number of nitrogens with two attached hydrogens (primary N) is 1. The van der Waals surface area contributed by atoms with E-state index in [1.54, 1.807) is 0 Å². The molecule has 0 aliphatic heterocycles. The van der Waals surface area contributed by atoms with Gasteiger partial charge in [0.25, 0.3) is 0 Å². The third-order valence-corrected chi connectivity index (χ3v) is 1.14. The van der Waals surface area contributed by atoms with Crippen LogP contribution in [0.4, 0.5) is 0 Å². The first-order valence-electron chi connectivity index (χ1n) is 2.64. The molecule has 0 rings (SSSR count). The minimum Gasteiger partial charge on any atom is -0.327 e. The monoisotopic (exact) mass is 133 g/mol. The van der Waals surface area contributed by atoms with Crippen LogP contribution in [0.3, 0.4) is 0 Å². The number of hydrogen-bond donors (Lipinski definition) is 2. The van der Waals surface area contributed by atoms with E-state index < -0.39 is 0 Å². The molecule has 3 heteroatoms. The van der Waals surface area contributed by atoms with Crippen molar-refractivity contribution >= 4 is 17.7 Å². The number of rotatable bonds is 3. The summed E-state index contributed by atoms with van der Waals surface area (Å²) in [5.41, 5.74) is 5.40. The minimum atomic E-state index is -0.126. The summed E-state index contributed by atoms with van der Waals surface area (Å²) in [6.45, 7) is 1.95. The Labute approximate surface area is 54.9 Å². The van der Waals surface area contributed by atoms with E-state index in [2.05, 4.69) is 12.6 Å². The van der Waals surface area contributed by atoms with E-state index in [9.17, 15) is 4.79 Å². The highest BCUT2D eigenvalue weighted by Gasteiger charge is 2.01. The maximum Gasteiger partial charge on any atom is 0.187 e. The summed E-state index contributed by atoms with van der Waals surface area (Å²) in [7, 11) is 0. The van der Waals surface area contributed by atoms with Crippen molar-refractivity contribution in [2.24, 2.45) is 5.73 Å². The van der Waals surface area contributed by atoms with E-state index in [0.717, 1.165) is 6.42 Å². The molecule has 1 atom stereocenters. The van der Waals surface area contributed by atoms with Crippen LogP contribution in [0.1, 0.15) is 19.8 Å². The molecule has 0 fully saturated rings. The molecule has 0 bridgehead atoms. The lowest BCUT2D eigenvalue weighted by Gasteiger charge is -2.02. The van der Waals surface area contributed by atoms with Crippen molar-refractivity contribution in [3.8, 4) is 0 Å². The Bertz CT molecular complexity index is 84.5. The van der Waals surface area contributed by atoms with Crippen LogP contribution < -0.4 is 5.73 Å². The second kappa shape index (κ2) is 3.92. The van der Waals surface area contributed by atoms with E-state index in [1.807, 2.05) is 6.92 Å². The summed E-state index contributed by atoms with van der Waals surface area (Å²) in [6.07, 6.45) is 1.23. The first-order chi connectivity index (χ1) is 3.66. The van der Waals surface area contributed by atoms with Crippen LogP contribution >= 0.6 is 12.6 Å². The van der Waals surface area contributed by atoms with E-state index in [0.29, 0.717) is 6.42 Å². The maximum atomic E-state index is 10.2. The average molecular weight is 133 g/mol. The van der Waals surface area contributed by atoms with E-state index in [-0.39, 0.29) is 11.2 Å². The molecule has 8 heavy (non-hydrogen) atoms. The van der Waals surface area contributed by atoms with Crippen molar-refractivity contribution in [1.82, 2.24) is 0 Å². The predicted octanol–water partition coefficient (Wildman–Crippen LogP) is 0.570. The molecule has 0 aliphatic carbocycles. The van der Waals surface area contributed by atoms with Crippen LogP contribution in [0.5, 0.6) is 0 Å². The summed E-state index contributed by atoms with van der Waals surface area (Å²) in [5, 5.41) is -0.126. The van der Waals surface area contributed by atoms with Crippen LogP contribution in [-0.2, 0) is 4.79 Å². The van der Waals surface area contributed by atoms with Crippen LogP contribution in [0.2, 0.25) is 0 Å². The second-order valence-corrected chi connectivity index (χ2v) is 2.26. The highest BCUT2D eigenvalue weighted by Crippen LogP contribution is 1.95. The summed E-state index contributed by atoms with van der Waals surface area (Å²) < 4.78 is 0. The molecular weight excluding hydrogens is 122 g/mol. The zero-order valence-electron chi connectivity index (χ0n) is 4.92. The van der Waals surface area contributed by atoms with Gasteiger partial charge in [0, 0.05) is 12.5 Å². The van der Waals surface area contributed by atoms with E-state index >= 15 is 0 Å². The molecule has 2 N–H and O–H groups in total. The lowest BCUT2D eigenvalue weighted by Crippen LogP contribution is -2.20. The topological polar surface area (TPSA) is 43.1 Å². The molecule has 48 valence electrons. The van der Waals surface area contributed by atoms with Crippen LogP contribution in [0.15, 0.2) is 0 Å². The minimum absolute atomic E-state index is 0.000000000000000222. The molecule has 0 saturated heterocycles. The Morgan fingerprint density at radius 2 is 2.38 bits per heavy atom. The maximum absolute atomic E-state index is 10.2. The molecule has 0 aromatic carbocycles. The van der Waals surface area contributed by atoms with Crippen LogP contribution in [-0.4, -0.2) is 11.2 Å². The van der Waals surface area contributed by atoms with Crippen LogP contribution in [0.25, 0.3) is 0 Å². The number of carbonyl (C=O) groups excluding carboxylic acids is 1. The Balaban J connectivity index is 3.24. The summed E-state index contributed by atoms with van der Waals surface area (Å²) in [6, 6.07) is -0.000000000000000222. The lowest BCUT2D eigenvalue weighted by molar-refractivity contribution is -0.111. The van der Waals surface area contributed by atoms with Crippen molar-refractivity contribution in [2.45, 2.75) is 25.8 Å². The first-order valence-corrected chi connectivity index (χ1v) is 3.09. The molecule has 0 spiro atoms. The Hall–Kier alpha value is -0.0200. The van der Waals surface area contributed by atoms with Gasteiger partial charge in [-0.05, 0) is 6.42 Å². The lowest BCUT2D eigenvalue weighted by atomic mass is 10.2. The quantitative estimate of drug-likeness (QED) is 0.553. The largest absolute Gasteiger partial charge is 0.327 e. The Kier molecular flexibility index (Phi) is 3.91. The van der Waals surface area contributed by atoms with Crippen molar-refractivity contribution in [3.63, 3.8) is 0 Å². The van der Waals surface area contributed by atoms with Crippen molar-refractivity contribution < 1.29 is 4.79 Å².